The van der Waals surface area contributed by atoms with Crippen molar-refractivity contribution in [1.82, 2.24) is 9.97 Å². The van der Waals surface area contributed by atoms with Gasteiger partial charge in [0, 0.05) is 22.5 Å². The van der Waals surface area contributed by atoms with Crippen molar-refractivity contribution in [2.75, 3.05) is 10.6 Å². The van der Waals surface area contributed by atoms with Crippen LogP contribution in [0.3, 0.4) is 0 Å². The first-order valence-electron chi connectivity index (χ1n) is 8.17. The van der Waals surface area contributed by atoms with Crippen molar-refractivity contribution in [3.63, 3.8) is 0 Å². The van der Waals surface area contributed by atoms with Gasteiger partial charge in [-0.1, -0.05) is 23.7 Å². The Labute approximate surface area is 157 Å². The molecule has 26 heavy (non-hydrogen) atoms. The highest BCUT2D eigenvalue weighted by molar-refractivity contribution is 6.30. The molecule has 5 nitrogen and oxygen atoms in total. The Hall–Kier alpha value is -2.92. The molecular weight excluding hydrogens is 348 g/mol. The van der Waals surface area contributed by atoms with E-state index in [9.17, 15) is 4.79 Å². The summed E-state index contributed by atoms with van der Waals surface area (Å²) in [5, 5.41) is 6.69. The number of amides is 1. The number of hydrogen-bond acceptors (Lipinski definition) is 4. The van der Waals surface area contributed by atoms with Crippen LogP contribution in [-0.4, -0.2) is 15.9 Å². The number of rotatable bonds is 4. The van der Waals surface area contributed by atoms with E-state index in [1.54, 1.807) is 37.3 Å². The molecule has 2 aromatic carbocycles. The number of hydrogen-bond donors (Lipinski definition) is 2. The van der Waals surface area contributed by atoms with E-state index in [1.807, 2.05) is 26.0 Å². The van der Waals surface area contributed by atoms with Crippen molar-refractivity contribution in [2.45, 2.75) is 20.8 Å². The molecule has 0 saturated heterocycles. The van der Waals surface area contributed by atoms with Crippen molar-refractivity contribution in [1.29, 1.82) is 0 Å². The highest BCUT2D eigenvalue weighted by Gasteiger charge is 2.12. The van der Waals surface area contributed by atoms with E-state index in [0.717, 1.165) is 16.8 Å². The standard InChI is InChI=1S/C20H19ClN4O/c1-12-4-5-13(2)17(10-12)25-19-11-18(22-14(3)23-19)20(26)24-16-8-6-15(21)7-9-16/h4-11H,1-3H3,(H,24,26)(H,22,23,25). The molecule has 6 heteroatoms. The topological polar surface area (TPSA) is 66.9 Å². The minimum absolute atomic E-state index is 0.292. The van der Waals surface area contributed by atoms with Gasteiger partial charge in [0.25, 0.3) is 5.91 Å². The van der Waals surface area contributed by atoms with Crippen molar-refractivity contribution in [3.05, 3.63) is 76.2 Å². The molecule has 0 aliphatic heterocycles. The Kier molecular flexibility index (Phi) is 5.19. The third-order valence-electron chi connectivity index (χ3n) is 3.83. The van der Waals surface area contributed by atoms with Gasteiger partial charge in [-0.25, -0.2) is 9.97 Å². The Bertz CT molecular complexity index is 955. The Morgan fingerprint density at radius 2 is 1.69 bits per heavy atom. The lowest BCUT2D eigenvalue weighted by Crippen LogP contribution is -2.15. The first-order valence-corrected chi connectivity index (χ1v) is 8.55. The molecule has 2 N–H and O–H groups in total. The summed E-state index contributed by atoms with van der Waals surface area (Å²) in [5.74, 6) is 0.788. The maximum absolute atomic E-state index is 12.5. The smallest absolute Gasteiger partial charge is 0.274 e. The average Bonchev–Trinajstić information content (AvgIpc) is 2.59. The Morgan fingerprint density at radius 1 is 0.962 bits per heavy atom. The molecule has 0 fully saturated rings. The fourth-order valence-electron chi connectivity index (χ4n) is 2.48. The van der Waals surface area contributed by atoms with Crippen LogP contribution >= 0.6 is 11.6 Å². The molecule has 3 rings (SSSR count). The van der Waals surface area contributed by atoms with Crippen LogP contribution in [0.1, 0.15) is 27.4 Å². The van der Waals surface area contributed by atoms with Crippen LogP contribution in [0.25, 0.3) is 0 Å². The van der Waals surface area contributed by atoms with Gasteiger partial charge in [-0.2, -0.15) is 0 Å². The predicted octanol–water partition coefficient (Wildman–Crippen LogP) is 5.05. The first kappa shape index (κ1) is 17.9. The summed E-state index contributed by atoms with van der Waals surface area (Å²) >= 11 is 5.87. The normalized spacial score (nSPS) is 10.5. The number of anilines is 3. The minimum Gasteiger partial charge on any atom is -0.340 e. The quantitative estimate of drug-likeness (QED) is 0.678. The maximum atomic E-state index is 12.5. The van der Waals surface area contributed by atoms with E-state index in [4.69, 9.17) is 11.6 Å². The Morgan fingerprint density at radius 3 is 2.42 bits per heavy atom. The van der Waals surface area contributed by atoms with Crippen LogP contribution in [0.5, 0.6) is 0 Å². The number of nitrogens with zero attached hydrogens (tertiary/aromatic N) is 2. The summed E-state index contributed by atoms with van der Waals surface area (Å²) in [6, 6.07) is 14.7. The molecule has 0 aliphatic rings. The number of aryl methyl sites for hydroxylation is 3. The summed E-state index contributed by atoms with van der Waals surface area (Å²) in [7, 11) is 0. The van der Waals surface area contributed by atoms with E-state index in [1.165, 1.54) is 0 Å². The zero-order chi connectivity index (χ0) is 18.7. The molecular formula is C20H19ClN4O. The molecule has 0 radical (unpaired) electrons. The Balaban J connectivity index is 1.83. The lowest BCUT2D eigenvalue weighted by molar-refractivity contribution is 0.102. The second-order valence-electron chi connectivity index (χ2n) is 6.09. The molecule has 1 heterocycles. The lowest BCUT2D eigenvalue weighted by Gasteiger charge is -2.12. The van der Waals surface area contributed by atoms with Gasteiger partial charge in [-0.05, 0) is 62.2 Å². The van der Waals surface area contributed by atoms with Crippen LogP contribution in [0.15, 0.2) is 48.5 Å². The molecule has 0 bridgehead atoms. The van der Waals surface area contributed by atoms with E-state index >= 15 is 0 Å². The van der Waals surface area contributed by atoms with Crippen LogP contribution in [0, 0.1) is 20.8 Å². The maximum Gasteiger partial charge on any atom is 0.274 e. The van der Waals surface area contributed by atoms with Gasteiger partial charge < -0.3 is 10.6 Å². The summed E-state index contributed by atoms with van der Waals surface area (Å²) in [4.78, 5) is 21.1. The molecule has 0 atom stereocenters. The summed E-state index contributed by atoms with van der Waals surface area (Å²) in [6.45, 7) is 5.80. The van der Waals surface area contributed by atoms with Crippen LogP contribution in [0.4, 0.5) is 17.2 Å². The van der Waals surface area contributed by atoms with E-state index < -0.39 is 0 Å². The average molecular weight is 367 g/mol. The third-order valence-corrected chi connectivity index (χ3v) is 4.08. The largest absolute Gasteiger partial charge is 0.340 e. The molecule has 0 unspecified atom stereocenters. The fraction of sp³-hybridized carbons (Fsp3) is 0.150. The summed E-state index contributed by atoms with van der Waals surface area (Å²) in [5.41, 5.74) is 4.13. The lowest BCUT2D eigenvalue weighted by atomic mass is 10.1. The monoisotopic (exact) mass is 366 g/mol. The molecule has 132 valence electrons. The zero-order valence-electron chi connectivity index (χ0n) is 14.8. The first-order chi connectivity index (χ1) is 12.4. The second kappa shape index (κ2) is 7.54. The second-order valence-corrected chi connectivity index (χ2v) is 6.53. The van der Waals surface area contributed by atoms with Crippen molar-refractivity contribution < 1.29 is 4.79 Å². The number of aromatic nitrogens is 2. The molecule has 0 saturated carbocycles. The number of carbonyl (C=O) groups excluding carboxylic acids is 1. The van der Waals surface area contributed by atoms with Crippen molar-refractivity contribution in [3.8, 4) is 0 Å². The number of halogens is 1. The predicted molar refractivity (Wildman–Crippen MR) is 105 cm³/mol. The zero-order valence-corrected chi connectivity index (χ0v) is 15.6. The number of carbonyl (C=O) groups is 1. The fourth-order valence-corrected chi connectivity index (χ4v) is 2.61. The minimum atomic E-state index is -0.304. The van der Waals surface area contributed by atoms with Gasteiger partial charge in [0.2, 0.25) is 0 Å². The van der Waals surface area contributed by atoms with E-state index in [-0.39, 0.29) is 5.91 Å². The van der Waals surface area contributed by atoms with Crippen LogP contribution in [0.2, 0.25) is 5.02 Å². The summed E-state index contributed by atoms with van der Waals surface area (Å²) in [6.07, 6.45) is 0. The highest BCUT2D eigenvalue weighted by Crippen LogP contribution is 2.21. The van der Waals surface area contributed by atoms with Gasteiger partial charge in [0.15, 0.2) is 0 Å². The van der Waals surface area contributed by atoms with E-state index in [2.05, 4.69) is 26.7 Å². The van der Waals surface area contributed by atoms with Gasteiger partial charge in [0.05, 0.1) is 0 Å². The molecule has 0 aliphatic carbocycles. The molecule has 1 amide bonds. The van der Waals surface area contributed by atoms with Gasteiger partial charge in [0.1, 0.15) is 17.3 Å². The van der Waals surface area contributed by atoms with Crippen LogP contribution in [-0.2, 0) is 0 Å². The SMILES string of the molecule is Cc1ccc(C)c(Nc2cc(C(=O)Nc3ccc(Cl)cc3)nc(C)n2)c1. The number of nitrogens with one attached hydrogen (secondary N) is 2. The van der Waals surface area contributed by atoms with Crippen molar-refractivity contribution >= 4 is 34.7 Å². The van der Waals surface area contributed by atoms with Crippen molar-refractivity contribution in [2.24, 2.45) is 0 Å². The van der Waals surface area contributed by atoms with Gasteiger partial charge in [-0.15, -0.1) is 0 Å². The van der Waals surface area contributed by atoms with Crippen LogP contribution < -0.4 is 10.6 Å². The van der Waals surface area contributed by atoms with Gasteiger partial charge in [-0.3, -0.25) is 4.79 Å². The third kappa shape index (κ3) is 4.37. The molecule has 3 aromatic rings. The highest BCUT2D eigenvalue weighted by atomic mass is 35.5. The molecule has 0 spiro atoms. The molecule has 1 aromatic heterocycles. The summed E-state index contributed by atoms with van der Waals surface area (Å²) < 4.78 is 0. The van der Waals surface area contributed by atoms with E-state index in [0.29, 0.717) is 28.0 Å². The van der Waals surface area contributed by atoms with Gasteiger partial charge >= 0.3 is 0 Å². The number of benzene rings is 2.